The summed E-state index contributed by atoms with van der Waals surface area (Å²) in [6, 6.07) is 0. The number of hydrogen-bond donors (Lipinski definition) is 2. The lowest BCUT2D eigenvalue weighted by atomic mass is 9.86. The second kappa shape index (κ2) is 6.82. The van der Waals surface area contributed by atoms with E-state index in [2.05, 4.69) is 5.32 Å². The zero-order chi connectivity index (χ0) is 14.5. The molecular formula is C13H21F2NO3. The van der Waals surface area contributed by atoms with Crippen molar-refractivity contribution in [1.82, 2.24) is 5.32 Å². The van der Waals surface area contributed by atoms with E-state index < -0.39 is 11.9 Å². The van der Waals surface area contributed by atoms with E-state index in [1.165, 1.54) is 0 Å². The molecule has 4 nitrogen and oxygen atoms in total. The maximum Gasteiger partial charge on any atom is 0.303 e. The minimum absolute atomic E-state index is 0.0741. The molecule has 1 rings (SSSR count). The number of halogens is 2. The Balaban J connectivity index is 2.22. The highest BCUT2D eigenvalue weighted by molar-refractivity contribution is 5.78. The van der Waals surface area contributed by atoms with E-state index in [1.54, 1.807) is 0 Å². The minimum Gasteiger partial charge on any atom is -0.481 e. The summed E-state index contributed by atoms with van der Waals surface area (Å²) >= 11 is 0. The molecule has 1 aliphatic rings. The predicted molar refractivity (Wildman–Crippen MR) is 65.9 cm³/mol. The van der Waals surface area contributed by atoms with Gasteiger partial charge in [-0.3, -0.25) is 9.59 Å². The number of carbonyl (C=O) groups is 2. The Morgan fingerprint density at radius 2 is 1.95 bits per heavy atom. The fourth-order valence-corrected chi connectivity index (χ4v) is 2.19. The lowest BCUT2D eigenvalue weighted by Gasteiger charge is -2.27. The molecule has 1 saturated carbocycles. The van der Waals surface area contributed by atoms with Crippen LogP contribution in [0.4, 0.5) is 8.78 Å². The summed E-state index contributed by atoms with van der Waals surface area (Å²) in [5.74, 6) is -3.91. The third kappa shape index (κ3) is 5.98. The lowest BCUT2D eigenvalue weighted by Crippen LogP contribution is -2.37. The zero-order valence-electron chi connectivity index (χ0n) is 11.1. The predicted octanol–water partition coefficient (Wildman–Crippen LogP) is 2.43. The van der Waals surface area contributed by atoms with Crippen molar-refractivity contribution in [2.24, 2.45) is 11.8 Å². The molecule has 0 saturated heterocycles. The molecule has 0 spiro atoms. The molecule has 0 aromatic heterocycles. The fourth-order valence-electron chi connectivity index (χ4n) is 2.19. The molecule has 0 aliphatic heterocycles. The van der Waals surface area contributed by atoms with Gasteiger partial charge in [-0.1, -0.05) is 6.92 Å². The molecule has 1 unspecified atom stereocenters. The molecule has 19 heavy (non-hydrogen) atoms. The van der Waals surface area contributed by atoms with Gasteiger partial charge in [-0.2, -0.15) is 0 Å². The fraction of sp³-hybridized carbons (Fsp3) is 0.846. The third-order valence-electron chi connectivity index (χ3n) is 3.56. The van der Waals surface area contributed by atoms with E-state index >= 15 is 0 Å². The van der Waals surface area contributed by atoms with Gasteiger partial charge in [0.15, 0.2) is 0 Å². The molecule has 1 atom stereocenters. The van der Waals surface area contributed by atoms with Gasteiger partial charge >= 0.3 is 5.97 Å². The molecule has 1 fully saturated rings. The zero-order valence-corrected chi connectivity index (χ0v) is 11.1. The van der Waals surface area contributed by atoms with Gasteiger partial charge in [0, 0.05) is 31.7 Å². The van der Waals surface area contributed by atoms with Crippen molar-refractivity contribution in [2.45, 2.75) is 51.4 Å². The standard InChI is InChI=1S/C13H21F2NO3/c1-9(2-3-11(17)18)8-16-12(19)10-4-6-13(14,15)7-5-10/h9-10H,2-8H2,1H3,(H,16,19)(H,17,18). The molecule has 2 N–H and O–H groups in total. The maximum atomic E-state index is 12.9. The summed E-state index contributed by atoms with van der Waals surface area (Å²) in [7, 11) is 0. The molecule has 110 valence electrons. The maximum absolute atomic E-state index is 12.9. The van der Waals surface area contributed by atoms with Crippen LogP contribution in [0.1, 0.15) is 45.4 Å². The van der Waals surface area contributed by atoms with E-state index in [0.29, 0.717) is 13.0 Å². The van der Waals surface area contributed by atoms with E-state index in [0.717, 1.165) is 0 Å². The number of carboxylic acid groups (broad SMARTS) is 1. The quantitative estimate of drug-likeness (QED) is 0.783. The summed E-state index contributed by atoms with van der Waals surface area (Å²) < 4.78 is 25.9. The molecule has 1 aliphatic carbocycles. The van der Waals surface area contributed by atoms with Gasteiger partial charge in [-0.05, 0) is 25.2 Å². The first kappa shape index (κ1) is 15.9. The number of alkyl halides is 2. The SMILES string of the molecule is CC(CCC(=O)O)CNC(=O)C1CCC(F)(F)CC1. The minimum atomic E-state index is -2.62. The van der Waals surface area contributed by atoms with Gasteiger partial charge in [-0.25, -0.2) is 8.78 Å². The monoisotopic (exact) mass is 277 g/mol. The highest BCUT2D eigenvalue weighted by atomic mass is 19.3. The van der Waals surface area contributed by atoms with Gasteiger partial charge in [0.1, 0.15) is 0 Å². The van der Waals surface area contributed by atoms with Crippen LogP contribution in [0, 0.1) is 11.8 Å². The average molecular weight is 277 g/mol. The number of carboxylic acids is 1. The van der Waals surface area contributed by atoms with E-state index in [4.69, 9.17) is 5.11 Å². The van der Waals surface area contributed by atoms with Crippen molar-refractivity contribution < 1.29 is 23.5 Å². The summed E-state index contributed by atoms with van der Waals surface area (Å²) in [5.41, 5.74) is 0. The van der Waals surface area contributed by atoms with E-state index in [9.17, 15) is 18.4 Å². The van der Waals surface area contributed by atoms with Crippen LogP contribution in [0.25, 0.3) is 0 Å². The van der Waals surface area contributed by atoms with Crippen LogP contribution in [0.5, 0.6) is 0 Å². The van der Waals surface area contributed by atoms with Crippen molar-refractivity contribution in [1.29, 1.82) is 0 Å². The molecule has 0 bridgehead atoms. The molecule has 0 radical (unpaired) electrons. The van der Waals surface area contributed by atoms with Gasteiger partial charge < -0.3 is 10.4 Å². The van der Waals surface area contributed by atoms with Crippen LogP contribution in [0.3, 0.4) is 0 Å². The van der Waals surface area contributed by atoms with Crippen molar-refractivity contribution in [3.63, 3.8) is 0 Å². The number of nitrogens with one attached hydrogen (secondary N) is 1. The lowest BCUT2D eigenvalue weighted by molar-refractivity contribution is -0.137. The van der Waals surface area contributed by atoms with Crippen molar-refractivity contribution in [3.05, 3.63) is 0 Å². The van der Waals surface area contributed by atoms with Crippen LogP contribution in [-0.4, -0.2) is 29.5 Å². The second-order valence-electron chi connectivity index (χ2n) is 5.41. The molecular weight excluding hydrogens is 256 g/mol. The Hall–Kier alpha value is -1.20. The Bertz CT molecular complexity index is 324. The molecule has 0 heterocycles. The number of amides is 1. The van der Waals surface area contributed by atoms with Crippen LogP contribution < -0.4 is 5.32 Å². The number of hydrogen-bond acceptors (Lipinski definition) is 2. The number of carbonyl (C=O) groups excluding carboxylic acids is 1. The smallest absolute Gasteiger partial charge is 0.303 e. The Morgan fingerprint density at radius 3 is 2.47 bits per heavy atom. The molecule has 0 aromatic carbocycles. The van der Waals surface area contributed by atoms with Crippen molar-refractivity contribution in [3.8, 4) is 0 Å². The molecule has 1 amide bonds. The van der Waals surface area contributed by atoms with Gasteiger partial charge in [0.05, 0.1) is 0 Å². The first-order chi connectivity index (χ1) is 8.80. The highest BCUT2D eigenvalue weighted by Crippen LogP contribution is 2.36. The first-order valence-corrected chi connectivity index (χ1v) is 6.67. The van der Waals surface area contributed by atoms with Crippen LogP contribution in [-0.2, 0) is 9.59 Å². The summed E-state index contributed by atoms with van der Waals surface area (Å²) in [6.07, 6.45) is 0.578. The van der Waals surface area contributed by atoms with Crippen LogP contribution in [0.2, 0.25) is 0 Å². The summed E-state index contributed by atoms with van der Waals surface area (Å²) in [6.45, 7) is 2.26. The summed E-state index contributed by atoms with van der Waals surface area (Å²) in [5, 5.41) is 11.3. The van der Waals surface area contributed by atoms with Crippen LogP contribution in [0.15, 0.2) is 0 Å². The Labute approximate surface area is 111 Å². The van der Waals surface area contributed by atoms with Crippen molar-refractivity contribution >= 4 is 11.9 Å². The largest absolute Gasteiger partial charge is 0.481 e. The first-order valence-electron chi connectivity index (χ1n) is 6.67. The van der Waals surface area contributed by atoms with Crippen molar-refractivity contribution in [2.75, 3.05) is 6.54 Å². The number of aliphatic carboxylic acids is 1. The normalized spacial score (nSPS) is 20.8. The van der Waals surface area contributed by atoms with Gasteiger partial charge in [0.25, 0.3) is 0 Å². The highest BCUT2D eigenvalue weighted by Gasteiger charge is 2.37. The molecule has 0 aromatic rings. The van der Waals surface area contributed by atoms with Crippen LogP contribution >= 0.6 is 0 Å². The molecule has 6 heteroatoms. The Kier molecular flexibility index (Phi) is 5.69. The average Bonchev–Trinajstić information content (AvgIpc) is 2.33. The summed E-state index contributed by atoms with van der Waals surface area (Å²) in [4.78, 5) is 22.2. The van der Waals surface area contributed by atoms with E-state index in [1.807, 2.05) is 6.92 Å². The van der Waals surface area contributed by atoms with E-state index in [-0.39, 0.29) is 49.8 Å². The van der Waals surface area contributed by atoms with Gasteiger partial charge in [-0.15, -0.1) is 0 Å². The topological polar surface area (TPSA) is 66.4 Å². The Morgan fingerprint density at radius 1 is 1.37 bits per heavy atom. The number of rotatable bonds is 6. The third-order valence-corrected chi connectivity index (χ3v) is 3.56. The second-order valence-corrected chi connectivity index (χ2v) is 5.41. The van der Waals surface area contributed by atoms with Gasteiger partial charge in [0.2, 0.25) is 11.8 Å².